The van der Waals surface area contributed by atoms with Crippen molar-refractivity contribution in [2.24, 2.45) is 5.92 Å². The molecule has 2 N–H and O–H groups in total. The third-order valence-electron chi connectivity index (χ3n) is 4.51. The predicted octanol–water partition coefficient (Wildman–Crippen LogP) is 4.28. The van der Waals surface area contributed by atoms with Gasteiger partial charge in [-0.25, -0.2) is 0 Å². The summed E-state index contributed by atoms with van der Waals surface area (Å²) in [7, 11) is 0. The zero-order chi connectivity index (χ0) is 19.2. The van der Waals surface area contributed by atoms with Crippen molar-refractivity contribution in [1.82, 2.24) is 4.90 Å². The minimum atomic E-state index is -0.200. The van der Waals surface area contributed by atoms with Gasteiger partial charge in [0.05, 0.1) is 28.2 Å². The topological polar surface area (TPSA) is 61.4 Å². The van der Waals surface area contributed by atoms with E-state index in [1.807, 2.05) is 35.2 Å². The highest BCUT2D eigenvalue weighted by molar-refractivity contribution is 6.39. The second kappa shape index (κ2) is 9.22. The Morgan fingerprint density at radius 2 is 1.70 bits per heavy atom. The zero-order valence-corrected chi connectivity index (χ0v) is 16.3. The van der Waals surface area contributed by atoms with E-state index in [1.54, 1.807) is 18.2 Å². The summed E-state index contributed by atoms with van der Waals surface area (Å²) in [4.78, 5) is 26.9. The predicted molar refractivity (Wildman–Crippen MR) is 109 cm³/mol. The van der Waals surface area contributed by atoms with Gasteiger partial charge < -0.3 is 10.6 Å². The fraction of sp³-hybridized carbons (Fsp3) is 0.300. The molecule has 0 saturated carbocycles. The van der Waals surface area contributed by atoms with Crippen LogP contribution in [-0.2, 0) is 9.59 Å². The van der Waals surface area contributed by atoms with E-state index < -0.39 is 0 Å². The van der Waals surface area contributed by atoms with Crippen molar-refractivity contribution in [1.29, 1.82) is 0 Å². The van der Waals surface area contributed by atoms with E-state index in [1.165, 1.54) is 0 Å². The number of piperidine rings is 1. The van der Waals surface area contributed by atoms with Gasteiger partial charge in [-0.05, 0) is 43.7 Å². The summed E-state index contributed by atoms with van der Waals surface area (Å²) in [5, 5.41) is 6.50. The fourth-order valence-electron chi connectivity index (χ4n) is 3.18. The maximum absolute atomic E-state index is 12.5. The van der Waals surface area contributed by atoms with E-state index in [2.05, 4.69) is 10.6 Å². The highest BCUT2D eigenvalue weighted by Gasteiger charge is 2.27. The molecule has 1 saturated heterocycles. The van der Waals surface area contributed by atoms with E-state index in [9.17, 15) is 9.59 Å². The van der Waals surface area contributed by atoms with Crippen LogP contribution in [0.25, 0.3) is 0 Å². The Morgan fingerprint density at radius 3 is 2.41 bits per heavy atom. The number of likely N-dealkylation sites (tertiary alicyclic amines) is 1. The van der Waals surface area contributed by atoms with Crippen LogP contribution in [0.3, 0.4) is 0 Å². The standard InChI is InChI=1S/C20H21Cl2N3O2/c21-16-9-4-10-17(22)19(16)24-18(26)13-25-11-5-6-14(12-25)20(27)23-15-7-2-1-3-8-15/h1-4,7-10,14H,5-6,11-13H2,(H,23,27)(H,24,26)/t14-/m1/s1. The molecule has 7 heteroatoms. The number of carbonyl (C=O) groups is 2. The monoisotopic (exact) mass is 405 g/mol. The molecule has 27 heavy (non-hydrogen) atoms. The first-order valence-corrected chi connectivity index (χ1v) is 9.60. The van der Waals surface area contributed by atoms with E-state index >= 15 is 0 Å². The number of rotatable bonds is 5. The number of nitrogens with zero attached hydrogens (tertiary/aromatic N) is 1. The van der Waals surface area contributed by atoms with Gasteiger partial charge in [0.1, 0.15) is 0 Å². The van der Waals surface area contributed by atoms with E-state index in [-0.39, 0.29) is 24.3 Å². The smallest absolute Gasteiger partial charge is 0.238 e. The molecule has 1 heterocycles. The highest BCUT2D eigenvalue weighted by Crippen LogP contribution is 2.29. The lowest BCUT2D eigenvalue weighted by atomic mass is 9.97. The molecule has 0 aliphatic carbocycles. The molecule has 5 nitrogen and oxygen atoms in total. The first-order valence-electron chi connectivity index (χ1n) is 8.85. The molecule has 2 amide bonds. The molecule has 2 aromatic rings. The van der Waals surface area contributed by atoms with E-state index in [0.717, 1.165) is 25.1 Å². The highest BCUT2D eigenvalue weighted by atomic mass is 35.5. The molecular formula is C20H21Cl2N3O2. The molecule has 0 aromatic heterocycles. The van der Waals surface area contributed by atoms with E-state index in [4.69, 9.17) is 23.2 Å². The molecule has 3 rings (SSSR count). The third kappa shape index (κ3) is 5.45. The van der Waals surface area contributed by atoms with Gasteiger partial charge in [0.2, 0.25) is 11.8 Å². The van der Waals surface area contributed by atoms with Crippen LogP contribution in [0.4, 0.5) is 11.4 Å². The molecule has 142 valence electrons. The molecule has 0 spiro atoms. The summed E-state index contributed by atoms with van der Waals surface area (Å²) < 4.78 is 0. The van der Waals surface area contributed by atoms with Crippen molar-refractivity contribution in [3.8, 4) is 0 Å². The zero-order valence-electron chi connectivity index (χ0n) is 14.8. The Balaban J connectivity index is 1.55. The largest absolute Gasteiger partial charge is 0.326 e. The quantitative estimate of drug-likeness (QED) is 0.779. The van der Waals surface area contributed by atoms with Crippen molar-refractivity contribution in [2.75, 3.05) is 30.3 Å². The van der Waals surface area contributed by atoms with Crippen molar-refractivity contribution < 1.29 is 9.59 Å². The number of hydrogen-bond donors (Lipinski definition) is 2. The lowest BCUT2D eigenvalue weighted by Gasteiger charge is -2.31. The summed E-state index contributed by atoms with van der Waals surface area (Å²) >= 11 is 12.2. The minimum Gasteiger partial charge on any atom is -0.326 e. The van der Waals surface area contributed by atoms with Gasteiger partial charge in [0.25, 0.3) is 0 Å². The number of halogens is 2. The average Bonchev–Trinajstić information content (AvgIpc) is 2.66. The first-order chi connectivity index (χ1) is 13.0. The third-order valence-corrected chi connectivity index (χ3v) is 5.14. The Bertz CT molecular complexity index is 794. The van der Waals surface area contributed by atoms with Crippen molar-refractivity contribution in [3.05, 3.63) is 58.6 Å². The Kier molecular flexibility index (Phi) is 6.72. The van der Waals surface area contributed by atoms with Gasteiger partial charge in [-0.1, -0.05) is 47.5 Å². The number of benzene rings is 2. The van der Waals surface area contributed by atoms with Gasteiger partial charge in [-0.3, -0.25) is 14.5 Å². The summed E-state index contributed by atoms with van der Waals surface area (Å²) in [5.41, 5.74) is 1.20. The average molecular weight is 406 g/mol. The fourth-order valence-corrected chi connectivity index (χ4v) is 3.67. The van der Waals surface area contributed by atoms with Crippen molar-refractivity contribution in [2.45, 2.75) is 12.8 Å². The molecule has 0 radical (unpaired) electrons. The SMILES string of the molecule is O=C(CN1CCC[C@@H](C(=O)Nc2ccccc2)C1)Nc1c(Cl)cccc1Cl. The molecule has 0 bridgehead atoms. The summed E-state index contributed by atoms with van der Waals surface area (Å²) in [6.45, 7) is 1.51. The van der Waals surface area contributed by atoms with Crippen LogP contribution < -0.4 is 10.6 Å². The van der Waals surface area contributed by atoms with Gasteiger partial charge in [0, 0.05) is 12.2 Å². The lowest BCUT2D eigenvalue weighted by Crippen LogP contribution is -2.44. The molecule has 0 unspecified atom stereocenters. The van der Waals surface area contributed by atoms with Gasteiger partial charge >= 0.3 is 0 Å². The Morgan fingerprint density at radius 1 is 1.00 bits per heavy atom. The maximum Gasteiger partial charge on any atom is 0.238 e. The summed E-state index contributed by atoms with van der Waals surface area (Å²) in [6.07, 6.45) is 1.68. The normalized spacial score (nSPS) is 17.3. The van der Waals surface area contributed by atoms with Crippen LogP contribution >= 0.6 is 23.2 Å². The molecule has 1 atom stereocenters. The van der Waals surface area contributed by atoms with Gasteiger partial charge in [-0.2, -0.15) is 0 Å². The van der Waals surface area contributed by atoms with Crippen LogP contribution in [0.1, 0.15) is 12.8 Å². The van der Waals surface area contributed by atoms with Crippen molar-refractivity contribution in [3.63, 3.8) is 0 Å². The number of carbonyl (C=O) groups excluding carboxylic acids is 2. The lowest BCUT2D eigenvalue weighted by molar-refractivity contribution is -0.123. The van der Waals surface area contributed by atoms with Crippen LogP contribution in [0, 0.1) is 5.92 Å². The second-order valence-corrected chi connectivity index (χ2v) is 7.39. The first kappa shape index (κ1) is 19.7. The Hall–Kier alpha value is -2.08. The Labute approximate surface area is 168 Å². The van der Waals surface area contributed by atoms with Gasteiger partial charge in [-0.15, -0.1) is 0 Å². The molecule has 1 aliphatic rings. The van der Waals surface area contributed by atoms with E-state index in [0.29, 0.717) is 22.3 Å². The number of nitrogens with one attached hydrogen (secondary N) is 2. The second-order valence-electron chi connectivity index (χ2n) is 6.57. The van der Waals surface area contributed by atoms with Crippen LogP contribution in [-0.4, -0.2) is 36.3 Å². The maximum atomic E-state index is 12.5. The summed E-state index contributed by atoms with van der Waals surface area (Å²) in [5.74, 6) is -0.356. The van der Waals surface area contributed by atoms with Crippen LogP contribution in [0.15, 0.2) is 48.5 Å². The number of hydrogen-bond acceptors (Lipinski definition) is 3. The minimum absolute atomic E-state index is 0.0135. The van der Waals surface area contributed by atoms with Gasteiger partial charge in [0.15, 0.2) is 0 Å². The summed E-state index contributed by atoms with van der Waals surface area (Å²) in [6, 6.07) is 14.5. The molecule has 1 aliphatic heterocycles. The van der Waals surface area contributed by atoms with Crippen molar-refractivity contribution >= 4 is 46.4 Å². The van der Waals surface area contributed by atoms with Crippen LogP contribution in [0.5, 0.6) is 0 Å². The number of anilines is 2. The number of para-hydroxylation sites is 2. The molecule has 2 aromatic carbocycles. The number of amides is 2. The molecule has 1 fully saturated rings. The molecular weight excluding hydrogens is 385 g/mol. The van der Waals surface area contributed by atoms with Crippen LogP contribution in [0.2, 0.25) is 10.0 Å².